The van der Waals surface area contributed by atoms with Gasteiger partial charge in [-0.2, -0.15) is 0 Å². The molecule has 136 valence electrons. The molecular weight excluding hydrogens is 334 g/mol. The number of rotatable bonds is 5. The summed E-state index contributed by atoms with van der Waals surface area (Å²) in [4.78, 5) is 6.62. The quantitative estimate of drug-likeness (QED) is 0.883. The minimum Gasteiger partial charge on any atom is -0.489 e. The van der Waals surface area contributed by atoms with Crippen molar-refractivity contribution in [1.29, 1.82) is 0 Å². The minimum absolute atomic E-state index is 0. The van der Waals surface area contributed by atoms with Gasteiger partial charge in [-0.15, -0.1) is 12.4 Å². The molecule has 1 saturated heterocycles. The Morgan fingerprint density at radius 1 is 1.24 bits per heavy atom. The van der Waals surface area contributed by atoms with Gasteiger partial charge in [0.1, 0.15) is 12.4 Å². The third-order valence-electron chi connectivity index (χ3n) is 4.87. The van der Waals surface area contributed by atoms with Gasteiger partial charge in [-0.05, 0) is 24.0 Å². The number of ether oxygens (including phenoxy) is 1. The normalized spacial score (nSPS) is 19.9. The lowest BCUT2D eigenvalue weighted by atomic mass is 9.79. The molecule has 1 aromatic carbocycles. The second-order valence-corrected chi connectivity index (χ2v) is 7.35. The van der Waals surface area contributed by atoms with E-state index in [-0.39, 0.29) is 23.9 Å². The summed E-state index contributed by atoms with van der Waals surface area (Å²) in [6.45, 7) is 8.02. The first-order valence-electron chi connectivity index (χ1n) is 8.62. The molecule has 2 aromatic rings. The minimum atomic E-state index is 0. The molecule has 5 heteroatoms. The van der Waals surface area contributed by atoms with Gasteiger partial charge < -0.3 is 10.5 Å². The highest BCUT2D eigenvalue weighted by Crippen LogP contribution is 2.30. The monoisotopic (exact) mass is 361 g/mol. The van der Waals surface area contributed by atoms with Gasteiger partial charge in [-0.3, -0.25) is 9.88 Å². The van der Waals surface area contributed by atoms with Crippen molar-refractivity contribution in [3.8, 4) is 5.75 Å². The molecule has 2 N–H and O–H groups in total. The number of pyridine rings is 1. The van der Waals surface area contributed by atoms with E-state index in [2.05, 4.69) is 35.9 Å². The van der Waals surface area contributed by atoms with Crippen LogP contribution in [0.5, 0.6) is 5.75 Å². The molecule has 0 radical (unpaired) electrons. The smallest absolute Gasteiger partial charge is 0.124 e. The number of hydrogen-bond acceptors (Lipinski definition) is 4. The van der Waals surface area contributed by atoms with Gasteiger partial charge in [0.25, 0.3) is 0 Å². The SMILES string of the molecule is CC1(C)CN(Cc2ccccc2OCc2cccnc2)CCC1N.Cl. The van der Waals surface area contributed by atoms with Crippen LogP contribution in [0.1, 0.15) is 31.4 Å². The highest BCUT2D eigenvalue weighted by atomic mass is 35.5. The van der Waals surface area contributed by atoms with Gasteiger partial charge in [-0.25, -0.2) is 0 Å². The first-order chi connectivity index (χ1) is 11.5. The Morgan fingerprint density at radius 2 is 2.04 bits per heavy atom. The number of piperidine rings is 1. The zero-order chi connectivity index (χ0) is 17.0. The summed E-state index contributed by atoms with van der Waals surface area (Å²) in [6.07, 6.45) is 4.67. The van der Waals surface area contributed by atoms with Gasteiger partial charge >= 0.3 is 0 Å². The molecule has 1 fully saturated rings. The molecule has 0 saturated carbocycles. The van der Waals surface area contributed by atoms with Gasteiger partial charge in [0, 0.05) is 49.2 Å². The zero-order valence-corrected chi connectivity index (χ0v) is 15.8. The lowest BCUT2D eigenvalue weighted by Crippen LogP contribution is -2.52. The van der Waals surface area contributed by atoms with Crippen LogP contribution in [0.3, 0.4) is 0 Å². The molecule has 1 atom stereocenters. The van der Waals surface area contributed by atoms with E-state index in [1.165, 1.54) is 5.56 Å². The number of para-hydroxylation sites is 1. The maximum atomic E-state index is 6.25. The summed E-state index contributed by atoms with van der Waals surface area (Å²) in [5, 5.41) is 0. The molecule has 1 aromatic heterocycles. The van der Waals surface area contributed by atoms with E-state index < -0.39 is 0 Å². The fourth-order valence-corrected chi connectivity index (χ4v) is 3.28. The largest absolute Gasteiger partial charge is 0.489 e. The Labute approximate surface area is 156 Å². The molecular formula is C20H28ClN3O. The third kappa shape index (κ3) is 5.18. The Balaban J connectivity index is 0.00000225. The van der Waals surface area contributed by atoms with E-state index in [4.69, 9.17) is 10.5 Å². The van der Waals surface area contributed by atoms with Crippen LogP contribution in [-0.2, 0) is 13.2 Å². The van der Waals surface area contributed by atoms with Crippen LogP contribution in [0.15, 0.2) is 48.8 Å². The van der Waals surface area contributed by atoms with E-state index in [1.54, 1.807) is 6.20 Å². The summed E-state index contributed by atoms with van der Waals surface area (Å²) in [7, 11) is 0. The van der Waals surface area contributed by atoms with E-state index in [9.17, 15) is 0 Å². The van der Waals surface area contributed by atoms with Gasteiger partial charge in [0.2, 0.25) is 0 Å². The maximum absolute atomic E-state index is 6.25. The molecule has 2 heterocycles. The van der Waals surface area contributed by atoms with Crippen LogP contribution in [0, 0.1) is 5.41 Å². The fourth-order valence-electron chi connectivity index (χ4n) is 3.28. The molecule has 0 bridgehead atoms. The molecule has 1 unspecified atom stereocenters. The standard InChI is InChI=1S/C20H27N3O.ClH/c1-20(2)15-23(11-9-19(20)21)13-17-7-3-4-8-18(17)24-14-16-6-5-10-22-12-16;/h3-8,10,12,19H,9,11,13-15,21H2,1-2H3;1H. The molecule has 25 heavy (non-hydrogen) atoms. The molecule has 1 aliphatic heterocycles. The van der Waals surface area contributed by atoms with Crippen molar-refractivity contribution >= 4 is 12.4 Å². The van der Waals surface area contributed by atoms with Crippen LogP contribution < -0.4 is 10.5 Å². The molecule has 4 nitrogen and oxygen atoms in total. The number of hydrogen-bond donors (Lipinski definition) is 1. The van der Waals surface area contributed by atoms with Crippen LogP contribution >= 0.6 is 12.4 Å². The van der Waals surface area contributed by atoms with Crippen LogP contribution in [-0.4, -0.2) is 29.0 Å². The summed E-state index contributed by atoms with van der Waals surface area (Å²) >= 11 is 0. The molecule has 0 amide bonds. The average Bonchev–Trinajstić information content (AvgIpc) is 2.58. The molecule has 1 aliphatic rings. The Kier molecular flexibility index (Phi) is 6.82. The summed E-state index contributed by atoms with van der Waals surface area (Å²) in [5.41, 5.74) is 8.72. The van der Waals surface area contributed by atoms with Crippen molar-refractivity contribution in [2.75, 3.05) is 13.1 Å². The van der Waals surface area contributed by atoms with Crippen molar-refractivity contribution < 1.29 is 4.74 Å². The number of likely N-dealkylation sites (tertiary alicyclic amines) is 1. The number of aromatic nitrogens is 1. The molecule has 3 rings (SSSR count). The summed E-state index contributed by atoms with van der Waals surface area (Å²) < 4.78 is 6.05. The number of nitrogens with two attached hydrogens (primary N) is 1. The number of halogens is 1. The van der Waals surface area contributed by atoms with E-state index >= 15 is 0 Å². The first-order valence-corrected chi connectivity index (χ1v) is 8.62. The van der Waals surface area contributed by atoms with Gasteiger partial charge in [-0.1, -0.05) is 38.1 Å². The first kappa shape index (κ1) is 19.7. The van der Waals surface area contributed by atoms with Gasteiger partial charge in [0.05, 0.1) is 0 Å². The predicted octanol–water partition coefficient (Wildman–Crippen LogP) is 3.64. The number of benzene rings is 1. The van der Waals surface area contributed by atoms with Crippen molar-refractivity contribution in [2.24, 2.45) is 11.1 Å². The predicted molar refractivity (Wildman–Crippen MR) is 104 cm³/mol. The van der Waals surface area contributed by atoms with E-state index in [0.717, 1.165) is 37.4 Å². The average molecular weight is 362 g/mol. The highest BCUT2D eigenvalue weighted by molar-refractivity contribution is 5.85. The molecule has 0 spiro atoms. The van der Waals surface area contributed by atoms with Crippen molar-refractivity contribution in [1.82, 2.24) is 9.88 Å². The third-order valence-corrected chi connectivity index (χ3v) is 4.87. The van der Waals surface area contributed by atoms with Crippen molar-refractivity contribution in [3.05, 3.63) is 59.9 Å². The maximum Gasteiger partial charge on any atom is 0.124 e. The zero-order valence-electron chi connectivity index (χ0n) is 15.0. The van der Waals surface area contributed by atoms with Gasteiger partial charge in [0.15, 0.2) is 0 Å². The summed E-state index contributed by atoms with van der Waals surface area (Å²) in [5.74, 6) is 0.953. The van der Waals surface area contributed by atoms with Crippen LogP contribution in [0.25, 0.3) is 0 Å². The topological polar surface area (TPSA) is 51.4 Å². The van der Waals surface area contributed by atoms with Crippen LogP contribution in [0.2, 0.25) is 0 Å². The van der Waals surface area contributed by atoms with Crippen LogP contribution in [0.4, 0.5) is 0 Å². The summed E-state index contributed by atoms with van der Waals surface area (Å²) in [6, 6.07) is 12.6. The number of nitrogens with zero attached hydrogens (tertiary/aromatic N) is 2. The Morgan fingerprint density at radius 3 is 2.76 bits per heavy atom. The second kappa shape index (κ2) is 8.65. The molecule has 0 aliphatic carbocycles. The lowest BCUT2D eigenvalue weighted by molar-refractivity contribution is 0.0889. The van der Waals surface area contributed by atoms with E-state index in [1.807, 2.05) is 30.5 Å². The highest BCUT2D eigenvalue weighted by Gasteiger charge is 2.33. The Bertz CT molecular complexity index is 663. The fraction of sp³-hybridized carbons (Fsp3) is 0.450. The lowest BCUT2D eigenvalue weighted by Gasteiger charge is -2.42. The van der Waals surface area contributed by atoms with Crippen molar-refractivity contribution in [2.45, 2.75) is 39.5 Å². The van der Waals surface area contributed by atoms with Crippen molar-refractivity contribution in [3.63, 3.8) is 0 Å². The van der Waals surface area contributed by atoms with E-state index in [0.29, 0.717) is 6.61 Å². The Hall–Kier alpha value is -1.62. The second-order valence-electron chi connectivity index (χ2n) is 7.35.